The molecule has 25 heavy (non-hydrogen) atoms. The molecule has 0 saturated carbocycles. The molecule has 2 aromatic rings. The molecule has 0 unspecified atom stereocenters. The number of benzene rings is 2. The third-order valence-corrected chi connectivity index (χ3v) is 4.74. The molecule has 4 nitrogen and oxygen atoms in total. The summed E-state index contributed by atoms with van der Waals surface area (Å²) in [6, 6.07) is 11.9. The van der Waals surface area contributed by atoms with Crippen LogP contribution in [0.2, 0.25) is 5.02 Å². The molecule has 1 heterocycles. The molecule has 3 rings (SSSR count). The largest absolute Gasteiger partial charge is 0.360 e. The van der Waals surface area contributed by atoms with Gasteiger partial charge in [0.05, 0.1) is 26.2 Å². The molecule has 1 amide bonds. The van der Waals surface area contributed by atoms with Gasteiger partial charge in [0.15, 0.2) is 6.54 Å². The van der Waals surface area contributed by atoms with E-state index in [1.807, 2.05) is 18.2 Å². The minimum Gasteiger partial charge on any atom is -0.360 e. The van der Waals surface area contributed by atoms with Gasteiger partial charge >= 0.3 is 0 Å². The number of halogens is 2. The number of nitrogens with one attached hydrogen (secondary N) is 2. The number of amides is 1. The fourth-order valence-corrected chi connectivity index (χ4v) is 3.33. The van der Waals surface area contributed by atoms with Crippen molar-refractivity contribution in [2.75, 3.05) is 42.9 Å². The minimum absolute atomic E-state index is 0.0898. The summed E-state index contributed by atoms with van der Waals surface area (Å²) in [6.45, 7) is 5.98. The number of hydrogen-bond donors (Lipinski definition) is 2. The smallest absolute Gasteiger partial charge is 0.279 e. The average Bonchev–Trinajstić information content (AvgIpc) is 2.58. The molecule has 0 spiro atoms. The van der Waals surface area contributed by atoms with Gasteiger partial charge in [-0.15, -0.1) is 0 Å². The highest BCUT2D eigenvalue weighted by Crippen LogP contribution is 2.24. The van der Waals surface area contributed by atoms with Crippen LogP contribution in [0.5, 0.6) is 0 Å². The zero-order valence-electron chi connectivity index (χ0n) is 14.2. The van der Waals surface area contributed by atoms with Crippen LogP contribution in [-0.2, 0) is 4.79 Å². The van der Waals surface area contributed by atoms with E-state index < -0.39 is 0 Å². The second kappa shape index (κ2) is 7.85. The van der Waals surface area contributed by atoms with Gasteiger partial charge in [-0.05, 0) is 42.8 Å². The van der Waals surface area contributed by atoms with Crippen LogP contribution in [0.4, 0.5) is 15.8 Å². The average molecular weight is 363 g/mol. The van der Waals surface area contributed by atoms with Crippen molar-refractivity contribution in [3.8, 4) is 0 Å². The van der Waals surface area contributed by atoms with E-state index >= 15 is 0 Å². The molecule has 1 aliphatic heterocycles. The zero-order chi connectivity index (χ0) is 17.8. The Hall–Kier alpha value is -2.11. The van der Waals surface area contributed by atoms with Gasteiger partial charge in [0, 0.05) is 16.4 Å². The molecule has 0 aliphatic carbocycles. The monoisotopic (exact) mass is 362 g/mol. The Bertz CT molecular complexity index is 760. The molecule has 2 N–H and O–H groups in total. The van der Waals surface area contributed by atoms with Crippen molar-refractivity contribution in [3.63, 3.8) is 0 Å². The summed E-state index contributed by atoms with van der Waals surface area (Å²) in [5.74, 6) is -0.441. The number of aryl methyl sites for hydroxylation is 1. The normalized spacial score (nSPS) is 15.2. The van der Waals surface area contributed by atoms with Gasteiger partial charge in [-0.1, -0.05) is 23.7 Å². The van der Waals surface area contributed by atoms with Gasteiger partial charge in [0.1, 0.15) is 5.82 Å². The first-order chi connectivity index (χ1) is 12.0. The first-order valence-corrected chi connectivity index (χ1v) is 8.79. The molecule has 1 aliphatic rings. The van der Waals surface area contributed by atoms with Crippen LogP contribution < -0.4 is 15.1 Å². The SMILES string of the molecule is Cc1ccc(Cl)cc1N1CC[NH+](CC(=O)Nc2cccc(F)c2)CC1. The summed E-state index contributed by atoms with van der Waals surface area (Å²) in [6.07, 6.45) is 0. The number of nitrogens with zero attached hydrogens (tertiary/aromatic N) is 1. The van der Waals surface area contributed by atoms with Crippen LogP contribution in [0.25, 0.3) is 0 Å². The molecule has 0 aromatic heterocycles. The number of rotatable bonds is 4. The Kier molecular flexibility index (Phi) is 5.56. The Morgan fingerprint density at radius 2 is 2.00 bits per heavy atom. The number of hydrogen-bond acceptors (Lipinski definition) is 2. The quantitative estimate of drug-likeness (QED) is 0.874. The van der Waals surface area contributed by atoms with E-state index in [2.05, 4.69) is 17.1 Å². The standard InChI is InChI=1S/C19H21ClFN3O/c1-14-5-6-15(20)11-18(14)24-9-7-23(8-10-24)13-19(25)22-17-4-2-3-16(21)12-17/h2-6,11-12H,7-10,13H2,1H3,(H,22,25)/p+1. The Labute approximate surface area is 152 Å². The number of piperazine rings is 1. The summed E-state index contributed by atoms with van der Waals surface area (Å²) < 4.78 is 13.2. The molecule has 6 heteroatoms. The van der Waals surface area contributed by atoms with E-state index in [1.54, 1.807) is 12.1 Å². The highest BCUT2D eigenvalue weighted by atomic mass is 35.5. The summed E-state index contributed by atoms with van der Waals surface area (Å²) in [5.41, 5.74) is 2.87. The lowest BCUT2D eigenvalue weighted by atomic mass is 10.1. The van der Waals surface area contributed by atoms with Crippen molar-refractivity contribution in [2.45, 2.75) is 6.92 Å². The van der Waals surface area contributed by atoms with Crippen LogP contribution in [-0.4, -0.2) is 38.6 Å². The fraction of sp³-hybridized carbons (Fsp3) is 0.316. The highest BCUT2D eigenvalue weighted by molar-refractivity contribution is 6.30. The van der Waals surface area contributed by atoms with Gasteiger partial charge in [-0.2, -0.15) is 0 Å². The molecule has 2 aromatic carbocycles. The van der Waals surface area contributed by atoms with Crippen molar-refractivity contribution < 1.29 is 14.1 Å². The third-order valence-electron chi connectivity index (χ3n) is 4.50. The number of carbonyl (C=O) groups is 1. The van der Waals surface area contributed by atoms with Crippen molar-refractivity contribution >= 4 is 28.9 Å². The van der Waals surface area contributed by atoms with Crippen LogP contribution >= 0.6 is 11.6 Å². The minimum atomic E-state index is -0.351. The van der Waals surface area contributed by atoms with Gasteiger partial charge in [0.25, 0.3) is 5.91 Å². The van der Waals surface area contributed by atoms with Crippen LogP contribution in [0.1, 0.15) is 5.56 Å². The van der Waals surface area contributed by atoms with Crippen LogP contribution in [0.3, 0.4) is 0 Å². The maximum absolute atomic E-state index is 13.2. The molecule has 1 fully saturated rings. The van der Waals surface area contributed by atoms with Gasteiger partial charge < -0.3 is 15.1 Å². The predicted octanol–water partition coefficient (Wildman–Crippen LogP) is 2.13. The lowest BCUT2D eigenvalue weighted by Gasteiger charge is -2.34. The van der Waals surface area contributed by atoms with Crippen LogP contribution in [0.15, 0.2) is 42.5 Å². The topological polar surface area (TPSA) is 36.8 Å². The summed E-state index contributed by atoms with van der Waals surface area (Å²) in [7, 11) is 0. The van der Waals surface area contributed by atoms with Gasteiger partial charge in [-0.3, -0.25) is 4.79 Å². The Morgan fingerprint density at radius 1 is 1.24 bits per heavy atom. The van der Waals surface area contributed by atoms with Crippen LogP contribution in [0, 0.1) is 12.7 Å². The fourth-order valence-electron chi connectivity index (χ4n) is 3.16. The van der Waals surface area contributed by atoms with E-state index in [1.165, 1.54) is 22.6 Å². The summed E-state index contributed by atoms with van der Waals surface area (Å²) in [5, 5.41) is 3.50. The second-order valence-electron chi connectivity index (χ2n) is 6.40. The molecule has 132 valence electrons. The molecule has 0 radical (unpaired) electrons. The number of quaternary nitrogens is 1. The molecular formula is C19H22ClFN3O+. The summed E-state index contributed by atoms with van der Waals surface area (Å²) >= 11 is 6.11. The maximum atomic E-state index is 13.2. The first kappa shape index (κ1) is 17.7. The molecular weight excluding hydrogens is 341 g/mol. The van der Waals surface area contributed by atoms with Crippen molar-refractivity contribution in [3.05, 3.63) is 58.9 Å². The zero-order valence-corrected chi connectivity index (χ0v) is 14.9. The van der Waals surface area contributed by atoms with E-state index in [0.717, 1.165) is 36.9 Å². The second-order valence-corrected chi connectivity index (χ2v) is 6.84. The summed E-state index contributed by atoms with van der Waals surface area (Å²) in [4.78, 5) is 15.7. The maximum Gasteiger partial charge on any atom is 0.279 e. The predicted molar refractivity (Wildman–Crippen MR) is 99.0 cm³/mol. The van der Waals surface area contributed by atoms with E-state index in [-0.39, 0.29) is 11.7 Å². The van der Waals surface area contributed by atoms with E-state index in [4.69, 9.17) is 11.6 Å². The first-order valence-electron chi connectivity index (χ1n) is 8.41. The van der Waals surface area contributed by atoms with Gasteiger partial charge in [0.2, 0.25) is 0 Å². The molecule has 0 atom stereocenters. The van der Waals surface area contributed by atoms with E-state index in [0.29, 0.717) is 12.2 Å². The third kappa shape index (κ3) is 4.71. The molecule has 0 bridgehead atoms. The number of anilines is 2. The van der Waals surface area contributed by atoms with Crippen molar-refractivity contribution in [1.29, 1.82) is 0 Å². The van der Waals surface area contributed by atoms with Gasteiger partial charge in [-0.25, -0.2) is 4.39 Å². The molecule has 1 saturated heterocycles. The Balaban J connectivity index is 1.52. The number of carbonyl (C=O) groups excluding carboxylic acids is 1. The highest BCUT2D eigenvalue weighted by Gasteiger charge is 2.23. The lowest BCUT2D eigenvalue weighted by Crippen LogP contribution is -3.15. The van der Waals surface area contributed by atoms with Crippen molar-refractivity contribution in [1.82, 2.24) is 0 Å². The van der Waals surface area contributed by atoms with E-state index in [9.17, 15) is 9.18 Å². The Morgan fingerprint density at radius 3 is 2.72 bits per heavy atom. The lowest BCUT2D eigenvalue weighted by molar-refractivity contribution is -0.892. The van der Waals surface area contributed by atoms with Crippen molar-refractivity contribution in [2.24, 2.45) is 0 Å².